The molecule has 0 aliphatic carbocycles. The van der Waals surface area contributed by atoms with Crippen molar-refractivity contribution < 1.29 is 28.6 Å². The maximum Gasteiger partial charge on any atom is 0.338 e. The van der Waals surface area contributed by atoms with Gasteiger partial charge in [-0.3, -0.25) is 4.79 Å². The Morgan fingerprint density at radius 3 is 2.62 bits per heavy atom. The van der Waals surface area contributed by atoms with Crippen molar-refractivity contribution in [2.24, 2.45) is 5.10 Å². The van der Waals surface area contributed by atoms with Crippen molar-refractivity contribution in [1.29, 1.82) is 0 Å². The molecule has 1 aliphatic heterocycles. The Balaban J connectivity index is 1.42. The molecule has 1 aliphatic rings. The molecule has 0 bridgehead atoms. The van der Waals surface area contributed by atoms with E-state index in [1.165, 1.54) is 7.11 Å². The number of nitrogens with zero attached hydrogens (tertiary/aromatic N) is 2. The van der Waals surface area contributed by atoms with Gasteiger partial charge in [0.2, 0.25) is 0 Å². The van der Waals surface area contributed by atoms with Crippen LogP contribution in [0, 0.1) is 13.8 Å². The quantitative estimate of drug-likeness (QED) is 0.180. The van der Waals surface area contributed by atoms with Gasteiger partial charge < -0.3 is 29.4 Å². The van der Waals surface area contributed by atoms with Crippen molar-refractivity contribution in [2.75, 3.05) is 20.3 Å². The van der Waals surface area contributed by atoms with Crippen LogP contribution in [0.4, 0.5) is 4.79 Å². The second-order valence-corrected chi connectivity index (χ2v) is 9.86. The Labute approximate surface area is 248 Å². The summed E-state index contributed by atoms with van der Waals surface area (Å²) in [6.45, 7) is 7.13. The van der Waals surface area contributed by atoms with Crippen molar-refractivity contribution in [1.82, 2.24) is 20.6 Å². The molecular weight excluding hydrogens is 562 g/mol. The van der Waals surface area contributed by atoms with Crippen molar-refractivity contribution in [3.05, 3.63) is 87.3 Å². The van der Waals surface area contributed by atoms with Crippen molar-refractivity contribution >= 4 is 35.7 Å². The Morgan fingerprint density at radius 2 is 1.90 bits per heavy atom. The average molecular weight is 594 g/mol. The molecule has 3 amide bonds. The molecule has 2 aromatic carbocycles. The van der Waals surface area contributed by atoms with Crippen LogP contribution in [-0.4, -0.2) is 49.0 Å². The fourth-order valence-corrected chi connectivity index (χ4v) is 4.87. The Bertz CT molecular complexity index is 1580. The molecule has 1 aromatic heterocycles. The van der Waals surface area contributed by atoms with Gasteiger partial charge in [0.25, 0.3) is 5.91 Å². The number of nitrogens with one attached hydrogen (secondary N) is 3. The molecule has 0 spiro atoms. The maximum absolute atomic E-state index is 12.6. The fourth-order valence-electron chi connectivity index (χ4n) is 4.69. The summed E-state index contributed by atoms with van der Waals surface area (Å²) in [7, 11) is 1.45. The molecule has 0 saturated carbocycles. The van der Waals surface area contributed by atoms with E-state index < -0.39 is 23.9 Å². The lowest BCUT2D eigenvalue weighted by atomic mass is 9.95. The first-order valence-corrected chi connectivity index (χ1v) is 13.5. The summed E-state index contributed by atoms with van der Waals surface area (Å²) in [4.78, 5) is 37.2. The third-order valence-corrected chi connectivity index (χ3v) is 6.81. The van der Waals surface area contributed by atoms with Gasteiger partial charge in [-0.1, -0.05) is 23.7 Å². The second kappa shape index (κ2) is 13.3. The summed E-state index contributed by atoms with van der Waals surface area (Å²) in [5, 5.41) is 10.1. The van der Waals surface area contributed by atoms with Gasteiger partial charge in [0.15, 0.2) is 18.1 Å². The van der Waals surface area contributed by atoms with Gasteiger partial charge in [-0.2, -0.15) is 5.10 Å². The van der Waals surface area contributed by atoms with E-state index in [2.05, 4.69) is 25.7 Å². The SMILES string of the molecule is CCOC(=O)C1=C(C)NC(=O)N[C@@H]1c1ccc(OCC(=O)N/N=C\c2cc(C)n(-c3cccc(Cl)c3)c2C)c(OC)c1. The van der Waals surface area contributed by atoms with Crippen LogP contribution in [0.1, 0.15) is 42.4 Å². The minimum absolute atomic E-state index is 0.188. The van der Waals surface area contributed by atoms with Crippen LogP contribution in [0.15, 0.2) is 64.9 Å². The molecule has 0 saturated heterocycles. The molecule has 2 heterocycles. The predicted octanol–water partition coefficient (Wildman–Crippen LogP) is 4.48. The Morgan fingerprint density at radius 1 is 1.12 bits per heavy atom. The van der Waals surface area contributed by atoms with Crippen LogP contribution in [0.25, 0.3) is 5.69 Å². The van der Waals surface area contributed by atoms with Gasteiger partial charge in [-0.15, -0.1) is 0 Å². The number of aryl methyl sites for hydroxylation is 1. The van der Waals surface area contributed by atoms with Crippen LogP contribution in [0.3, 0.4) is 0 Å². The third kappa shape index (κ3) is 6.74. The summed E-state index contributed by atoms with van der Waals surface area (Å²) >= 11 is 6.16. The number of methoxy groups -OCH3 is 1. The molecule has 4 rings (SSSR count). The smallest absolute Gasteiger partial charge is 0.338 e. The number of amides is 3. The van der Waals surface area contributed by atoms with Gasteiger partial charge in [0, 0.05) is 33.4 Å². The molecule has 0 unspecified atom stereocenters. The number of benzene rings is 2. The largest absolute Gasteiger partial charge is 0.493 e. The van der Waals surface area contributed by atoms with Crippen molar-refractivity contribution in [3.8, 4) is 17.2 Å². The van der Waals surface area contributed by atoms with Gasteiger partial charge in [0.1, 0.15) is 0 Å². The van der Waals surface area contributed by atoms with E-state index in [1.54, 1.807) is 38.3 Å². The number of hydrogen-bond donors (Lipinski definition) is 3. The van der Waals surface area contributed by atoms with E-state index in [9.17, 15) is 14.4 Å². The van der Waals surface area contributed by atoms with Crippen LogP contribution in [0.2, 0.25) is 5.02 Å². The number of halogens is 1. The highest BCUT2D eigenvalue weighted by Gasteiger charge is 2.32. The average Bonchev–Trinajstić information content (AvgIpc) is 3.23. The summed E-state index contributed by atoms with van der Waals surface area (Å²) in [6, 6.07) is 13.2. The number of hydrazone groups is 1. The standard InChI is InChI=1S/C30H32ClN5O6/c1-6-41-29(38)27-18(3)33-30(39)34-28(27)20-10-11-24(25(13-20)40-5)42-16-26(37)35-32-15-21-12-17(2)36(19(21)4)23-9-7-8-22(31)14-23/h7-15,28H,6,16H2,1-5H3,(H,35,37)(H2,33,34,39)/b32-15-/t28-/m1/s1. The molecule has 0 fully saturated rings. The molecule has 1 atom stereocenters. The number of rotatable bonds is 10. The van der Waals surface area contributed by atoms with Crippen LogP contribution < -0.4 is 25.5 Å². The first kappa shape index (κ1) is 30.2. The highest BCUT2D eigenvalue weighted by molar-refractivity contribution is 6.30. The van der Waals surface area contributed by atoms with Gasteiger partial charge >= 0.3 is 12.0 Å². The van der Waals surface area contributed by atoms with Crippen LogP contribution in [-0.2, 0) is 14.3 Å². The lowest BCUT2D eigenvalue weighted by Crippen LogP contribution is -2.45. The van der Waals surface area contributed by atoms with Crippen molar-refractivity contribution in [3.63, 3.8) is 0 Å². The number of hydrogen-bond acceptors (Lipinski definition) is 7. The van der Waals surface area contributed by atoms with Gasteiger partial charge in [-0.25, -0.2) is 15.0 Å². The minimum atomic E-state index is -0.765. The van der Waals surface area contributed by atoms with E-state index >= 15 is 0 Å². The zero-order chi connectivity index (χ0) is 30.4. The molecule has 3 N–H and O–H groups in total. The monoisotopic (exact) mass is 593 g/mol. The van der Waals surface area contributed by atoms with Gasteiger partial charge in [-0.05, 0) is 69.7 Å². The number of urea groups is 1. The Hall–Kier alpha value is -4.77. The topological polar surface area (TPSA) is 132 Å². The van der Waals surface area contributed by atoms with E-state index in [1.807, 2.05) is 44.2 Å². The third-order valence-electron chi connectivity index (χ3n) is 6.57. The van der Waals surface area contributed by atoms with E-state index in [0.717, 1.165) is 22.6 Å². The first-order chi connectivity index (χ1) is 20.1. The minimum Gasteiger partial charge on any atom is -0.493 e. The van der Waals surface area contributed by atoms with Crippen LogP contribution in [0.5, 0.6) is 11.5 Å². The van der Waals surface area contributed by atoms with E-state index in [4.69, 9.17) is 25.8 Å². The molecule has 11 nitrogen and oxygen atoms in total. The lowest BCUT2D eigenvalue weighted by molar-refractivity contribution is -0.139. The normalized spacial score (nSPS) is 14.8. The highest BCUT2D eigenvalue weighted by atomic mass is 35.5. The number of carbonyl (C=O) groups excluding carboxylic acids is 3. The molecular formula is C30H32ClN5O6. The number of esters is 1. The second-order valence-electron chi connectivity index (χ2n) is 9.42. The van der Waals surface area contributed by atoms with E-state index in [0.29, 0.717) is 27.8 Å². The summed E-state index contributed by atoms with van der Waals surface area (Å²) in [5.74, 6) is -0.416. The lowest BCUT2D eigenvalue weighted by Gasteiger charge is -2.28. The predicted molar refractivity (Wildman–Crippen MR) is 158 cm³/mol. The molecule has 42 heavy (non-hydrogen) atoms. The molecule has 3 aromatic rings. The van der Waals surface area contributed by atoms with Crippen LogP contribution >= 0.6 is 11.6 Å². The first-order valence-electron chi connectivity index (χ1n) is 13.2. The zero-order valence-electron chi connectivity index (χ0n) is 23.9. The number of carbonyl (C=O) groups is 3. The number of allylic oxidation sites excluding steroid dienone is 1. The fraction of sp³-hybridized carbons (Fsp3) is 0.267. The number of ether oxygens (including phenoxy) is 3. The van der Waals surface area contributed by atoms with E-state index in [-0.39, 0.29) is 18.8 Å². The molecule has 12 heteroatoms. The van der Waals surface area contributed by atoms with Gasteiger partial charge in [0.05, 0.1) is 31.5 Å². The molecule has 220 valence electrons. The van der Waals surface area contributed by atoms with Crippen molar-refractivity contribution in [2.45, 2.75) is 33.7 Å². The Kier molecular flexibility index (Phi) is 9.53. The zero-order valence-corrected chi connectivity index (χ0v) is 24.7. The molecule has 0 radical (unpaired) electrons. The number of aromatic nitrogens is 1. The maximum atomic E-state index is 12.6. The summed E-state index contributed by atoms with van der Waals surface area (Å²) < 4.78 is 18.4. The summed E-state index contributed by atoms with van der Waals surface area (Å²) in [6.07, 6.45) is 1.57. The highest BCUT2D eigenvalue weighted by Crippen LogP contribution is 2.34. The summed E-state index contributed by atoms with van der Waals surface area (Å²) in [5.41, 5.74) is 7.41.